The van der Waals surface area contributed by atoms with Crippen LogP contribution in [0.2, 0.25) is 0 Å². The average Bonchev–Trinajstić information content (AvgIpc) is 4.02. The Hall–Kier alpha value is -7.14. The molecular weight excluding hydrogens is 773 g/mol. The van der Waals surface area contributed by atoms with Crippen LogP contribution in [0.5, 0.6) is 0 Å². The molecule has 0 saturated carbocycles. The van der Waals surface area contributed by atoms with Gasteiger partial charge < -0.3 is 14.2 Å². The molecule has 0 spiro atoms. The summed E-state index contributed by atoms with van der Waals surface area (Å²) in [5, 5.41) is 2.23. The molecule has 0 saturated heterocycles. The molecule has 0 fully saturated rings. The number of anilines is 6. The van der Waals surface area contributed by atoms with Crippen molar-refractivity contribution in [3.63, 3.8) is 0 Å². The highest BCUT2D eigenvalue weighted by Gasteiger charge is 2.48. The topological polar surface area (TPSA) is 19.6 Å². The van der Waals surface area contributed by atoms with E-state index in [0.717, 1.165) is 55.9 Å². The molecule has 12 rings (SSSR count). The molecule has 0 amide bonds. The van der Waals surface area contributed by atoms with Crippen molar-refractivity contribution in [2.24, 2.45) is 0 Å². The predicted octanol–water partition coefficient (Wildman–Crippen LogP) is 16.9. The quantitative estimate of drug-likeness (QED) is 0.160. The van der Waals surface area contributed by atoms with E-state index < -0.39 is 0 Å². The van der Waals surface area contributed by atoms with Crippen molar-refractivity contribution in [3.05, 3.63) is 216 Å². The average molecular weight is 817 g/mol. The van der Waals surface area contributed by atoms with E-state index in [1.54, 1.807) is 0 Å². The predicted molar refractivity (Wildman–Crippen MR) is 262 cm³/mol. The van der Waals surface area contributed by atoms with Gasteiger partial charge in [-0.2, -0.15) is 0 Å². The Morgan fingerprint density at radius 2 is 0.903 bits per heavy atom. The van der Waals surface area contributed by atoms with Gasteiger partial charge in [0.25, 0.3) is 0 Å². The van der Waals surface area contributed by atoms with Crippen LogP contribution in [0.25, 0.3) is 53.9 Å². The molecule has 62 heavy (non-hydrogen) atoms. The molecule has 0 unspecified atom stereocenters. The Kier molecular flexibility index (Phi) is 8.10. The third-order valence-corrected chi connectivity index (χ3v) is 14.7. The summed E-state index contributed by atoms with van der Waals surface area (Å²) in [5.41, 5.74) is 18.7. The molecular formula is C58H44N2OS. The number of para-hydroxylation sites is 5. The van der Waals surface area contributed by atoms with Gasteiger partial charge in [0.2, 0.25) is 0 Å². The third-order valence-electron chi connectivity index (χ3n) is 13.4. The summed E-state index contributed by atoms with van der Waals surface area (Å²) < 4.78 is 6.76. The Morgan fingerprint density at radius 1 is 0.403 bits per heavy atom. The van der Waals surface area contributed by atoms with Crippen molar-refractivity contribution in [1.29, 1.82) is 0 Å². The Balaban J connectivity index is 1.00. The van der Waals surface area contributed by atoms with Gasteiger partial charge in [0.05, 0.1) is 11.4 Å². The molecule has 10 aromatic rings. The fourth-order valence-corrected chi connectivity index (χ4v) is 12.2. The first-order valence-corrected chi connectivity index (χ1v) is 22.3. The monoisotopic (exact) mass is 816 g/mol. The summed E-state index contributed by atoms with van der Waals surface area (Å²) in [7, 11) is 0. The van der Waals surface area contributed by atoms with Crippen LogP contribution in [0.3, 0.4) is 0 Å². The molecule has 2 heterocycles. The Labute approximate surface area is 366 Å². The van der Waals surface area contributed by atoms with E-state index in [1.807, 2.05) is 17.4 Å². The number of fused-ring (bicyclic) bond motifs is 10. The molecule has 4 heteroatoms. The SMILES string of the molecule is CC1(C)c2cc(N(c3ccccc3)c3ccccc3)ccc2-c2sc3c(c21)C(C)(C)c1cc(N(c2ccccc2-c2ccccc2)c2cccc4c2oc2ccccc24)ccc1-3. The van der Waals surface area contributed by atoms with Gasteiger partial charge >= 0.3 is 0 Å². The van der Waals surface area contributed by atoms with Crippen LogP contribution in [0.15, 0.2) is 199 Å². The molecule has 2 aromatic heterocycles. The zero-order valence-corrected chi connectivity index (χ0v) is 36.0. The maximum Gasteiger partial charge on any atom is 0.159 e. The fourth-order valence-electron chi connectivity index (χ4n) is 10.5. The summed E-state index contributed by atoms with van der Waals surface area (Å²) >= 11 is 1.98. The van der Waals surface area contributed by atoms with Crippen molar-refractivity contribution in [2.75, 3.05) is 9.80 Å². The minimum absolute atomic E-state index is 0.205. The minimum atomic E-state index is -0.247. The first kappa shape index (κ1) is 36.7. The van der Waals surface area contributed by atoms with Crippen molar-refractivity contribution in [2.45, 2.75) is 38.5 Å². The van der Waals surface area contributed by atoms with Crippen LogP contribution < -0.4 is 9.80 Å². The van der Waals surface area contributed by atoms with Crippen LogP contribution in [-0.2, 0) is 10.8 Å². The van der Waals surface area contributed by atoms with Gasteiger partial charge in [0, 0.05) is 59.7 Å². The van der Waals surface area contributed by atoms with Gasteiger partial charge in [-0.3, -0.25) is 0 Å². The zero-order valence-electron chi connectivity index (χ0n) is 35.2. The standard InChI is InChI=1S/C58H44N2OS/c1-57(2)47-35-40(59(38-21-10-6-11-22-38)39-23-12-7-13-24-39)31-33-45(47)55-52(57)53-56(62-55)46-34-32-41(36-48(46)58(53,3)4)60(49-28-16-14-25-42(49)37-19-8-5-9-20-37)50-29-18-27-44-43-26-15-17-30-51(43)61-54(44)50/h5-36H,1-4H3. The maximum atomic E-state index is 6.76. The lowest BCUT2D eigenvalue weighted by molar-refractivity contribution is 0.603. The van der Waals surface area contributed by atoms with Gasteiger partial charge in [0.1, 0.15) is 5.58 Å². The summed E-state index contributed by atoms with van der Waals surface area (Å²) in [6, 6.07) is 70.2. The number of thiophene rings is 1. The van der Waals surface area contributed by atoms with Crippen LogP contribution in [0.4, 0.5) is 34.1 Å². The Bertz CT molecular complexity index is 3320. The molecule has 3 nitrogen and oxygen atoms in total. The van der Waals surface area contributed by atoms with Crippen LogP contribution in [0, 0.1) is 0 Å². The largest absolute Gasteiger partial charge is 0.454 e. The smallest absolute Gasteiger partial charge is 0.159 e. The number of hydrogen-bond donors (Lipinski definition) is 0. The minimum Gasteiger partial charge on any atom is -0.454 e. The maximum absolute atomic E-state index is 6.76. The van der Waals surface area contributed by atoms with Gasteiger partial charge in [-0.05, 0) is 106 Å². The van der Waals surface area contributed by atoms with E-state index in [2.05, 4.69) is 226 Å². The van der Waals surface area contributed by atoms with E-state index in [1.165, 1.54) is 54.4 Å². The van der Waals surface area contributed by atoms with Gasteiger partial charge in [-0.15, -0.1) is 11.3 Å². The third kappa shape index (κ3) is 5.36. The molecule has 2 aliphatic carbocycles. The summed E-state index contributed by atoms with van der Waals surface area (Å²) in [6.45, 7) is 9.75. The molecule has 0 aliphatic heterocycles. The van der Waals surface area contributed by atoms with Gasteiger partial charge in [-0.25, -0.2) is 0 Å². The number of nitrogens with zero attached hydrogens (tertiary/aromatic N) is 2. The molecule has 0 radical (unpaired) electrons. The highest BCUT2D eigenvalue weighted by atomic mass is 32.1. The zero-order chi connectivity index (χ0) is 41.7. The van der Waals surface area contributed by atoms with Crippen LogP contribution in [-0.4, -0.2) is 0 Å². The number of benzene rings is 8. The molecule has 0 N–H and O–H groups in total. The van der Waals surface area contributed by atoms with Crippen molar-refractivity contribution < 1.29 is 4.42 Å². The molecule has 8 aromatic carbocycles. The number of hydrogen-bond acceptors (Lipinski definition) is 4. The van der Waals surface area contributed by atoms with Gasteiger partial charge in [-0.1, -0.05) is 155 Å². The normalized spacial score (nSPS) is 14.1. The molecule has 2 aliphatic rings. The number of rotatable bonds is 7. The van der Waals surface area contributed by atoms with Crippen molar-refractivity contribution in [3.8, 4) is 32.0 Å². The lowest BCUT2D eigenvalue weighted by Crippen LogP contribution is -2.23. The van der Waals surface area contributed by atoms with E-state index in [4.69, 9.17) is 4.42 Å². The van der Waals surface area contributed by atoms with E-state index >= 15 is 0 Å². The second-order valence-electron chi connectivity index (χ2n) is 17.7. The molecule has 0 bridgehead atoms. The van der Waals surface area contributed by atoms with Crippen molar-refractivity contribution in [1.82, 2.24) is 0 Å². The lowest BCUT2D eigenvalue weighted by Gasteiger charge is -2.31. The van der Waals surface area contributed by atoms with E-state index in [9.17, 15) is 0 Å². The van der Waals surface area contributed by atoms with Crippen molar-refractivity contribution >= 4 is 67.4 Å². The summed E-state index contributed by atoms with van der Waals surface area (Å²) in [6.07, 6.45) is 0. The van der Waals surface area contributed by atoms with E-state index in [-0.39, 0.29) is 10.8 Å². The summed E-state index contributed by atoms with van der Waals surface area (Å²) in [5.74, 6) is 0. The Morgan fingerprint density at radius 3 is 1.53 bits per heavy atom. The second-order valence-corrected chi connectivity index (χ2v) is 18.7. The second kappa shape index (κ2) is 13.7. The summed E-state index contributed by atoms with van der Waals surface area (Å²) in [4.78, 5) is 7.61. The van der Waals surface area contributed by atoms with Crippen LogP contribution in [0.1, 0.15) is 49.9 Å². The number of furan rings is 1. The lowest BCUT2D eigenvalue weighted by atomic mass is 9.74. The molecule has 298 valence electrons. The first-order valence-electron chi connectivity index (χ1n) is 21.5. The first-order chi connectivity index (χ1) is 30.3. The molecule has 0 atom stereocenters. The van der Waals surface area contributed by atoms with Gasteiger partial charge in [0.15, 0.2) is 5.58 Å². The highest BCUT2D eigenvalue weighted by molar-refractivity contribution is 7.19. The van der Waals surface area contributed by atoms with E-state index in [0.29, 0.717) is 0 Å². The highest BCUT2D eigenvalue weighted by Crippen LogP contribution is 2.64. The van der Waals surface area contributed by atoms with Crippen LogP contribution >= 0.6 is 11.3 Å². The fraction of sp³-hybridized carbons (Fsp3) is 0.103.